The highest BCUT2D eigenvalue weighted by Crippen LogP contribution is 2.22. The molecule has 0 spiro atoms. The SMILES string of the molecule is Cc1ccc(C)c(S(=O)(=O)N2CCN(Cc3nnc(C)o3)CC2)c1. The van der Waals surface area contributed by atoms with Crippen LogP contribution in [0.1, 0.15) is 22.9 Å². The van der Waals surface area contributed by atoms with Crippen molar-refractivity contribution in [2.75, 3.05) is 26.2 Å². The topological polar surface area (TPSA) is 79.5 Å². The Bertz CT molecular complexity index is 824. The van der Waals surface area contributed by atoms with Gasteiger partial charge in [0.25, 0.3) is 0 Å². The van der Waals surface area contributed by atoms with E-state index < -0.39 is 10.0 Å². The van der Waals surface area contributed by atoms with E-state index in [1.807, 2.05) is 26.0 Å². The number of rotatable bonds is 4. The van der Waals surface area contributed by atoms with E-state index in [1.165, 1.54) is 0 Å². The Morgan fingerprint density at radius 3 is 2.42 bits per heavy atom. The molecule has 0 atom stereocenters. The van der Waals surface area contributed by atoms with E-state index >= 15 is 0 Å². The first-order chi connectivity index (χ1) is 11.4. The quantitative estimate of drug-likeness (QED) is 0.831. The van der Waals surface area contributed by atoms with Gasteiger partial charge in [0.1, 0.15) is 0 Å². The smallest absolute Gasteiger partial charge is 0.243 e. The minimum atomic E-state index is -3.45. The van der Waals surface area contributed by atoms with Crippen LogP contribution in [-0.4, -0.2) is 54.0 Å². The summed E-state index contributed by atoms with van der Waals surface area (Å²) in [4.78, 5) is 2.53. The Morgan fingerprint density at radius 1 is 1.08 bits per heavy atom. The summed E-state index contributed by atoms with van der Waals surface area (Å²) < 4.78 is 32.7. The maximum atomic E-state index is 12.9. The zero-order chi connectivity index (χ0) is 17.3. The zero-order valence-electron chi connectivity index (χ0n) is 14.2. The lowest BCUT2D eigenvalue weighted by Crippen LogP contribution is -2.48. The second-order valence-corrected chi connectivity index (χ2v) is 8.07. The van der Waals surface area contributed by atoms with E-state index in [9.17, 15) is 8.42 Å². The fraction of sp³-hybridized carbons (Fsp3) is 0.500. The van der Waals surface area contributed by atoms with Crippen molar-refractivity contribution in [1.29, 1.82) is 0 Å². The molecule has 0 N–H and O–H groups in total. The Labute approximate surface area is 142 Å². The molecule has 130 valence electrons. The average Bonchev–Trinajstić information content (AvgIpc) is 2.95. The van der Waals surface area contributed by atoms with Crippen LogP contribution in [0.15, 0.2) is 27.5 Å². The van der Waals surface area contributed by atoms with Crippen molar-refractivity contribution in [1.82, 2.24) is 19.4 Å². The third-order valence-corrected chi connectivity index (χ3v) is 6.26. The number of piperazine rings is 1. The molecule has 1 aromatic heterocycles. The summed E-state index contributed by atoms with van der Waals surface area (Å²) >= 11 is 0. The summed E-state index contributed by atoms with van der Waals surface area (Å²) in [6.45, 7) is 8.26. The van der Waals surface area contributed by atoms with Crippen molar-refractivity contribution in [3.05, 3.63) is 41.1 Å². The molecule has 3 rings (SSSR count). The van der Waals surface area contributed by atoms with E-state index in [0.29, 0.717) is 49.4 Å². The number of hydrogen-bond acceptors (Lipinski definition) is 6. The number of sulfonamides is 1. The lowest BCUT2D eigenvalue weighted by molar-refractivity contribution is 0.167. The predicted octanol–water partition coefficient (Wildman–Crippen LogP) is 1.50. The molecule has 1 fully saturated rings. The van der Waals surface area contributed by atoms with Crippen molar-refractivity contribution in [3.63, 3.8) is 0 Å². The Morgan fingerprint density at radius 2 is 1.79 bits per heavy atom. The van der Waals surface area contributed by atoms with Crippen molar-refractivity contribution >= 4 is 10.0 Å². The van der Waals surface area contributed by atoms with Gasteiger partial charge in [-0.1, -0.05) is 12.1 Å². The summed E-state index contributed by atoms with van der Waals surface area (Å²) in [6.07, 6.45) is 0. The van der Waals surface area contributed by atoms with Crippen LogP contribution in [0, 0.1) is 20.8 Å². The molecule has 1 aliphatic rings. The number of aromatic nitrogens is 2. The third kappa shape index (κ3) is 3.50. The van der Waals surface area contributed by atoms with Gasteiger partial charge in [-0.3, -0.25) is 4.90 Å². The van der Waals surface area contributed by atoms with Gasteiger partial charge < -0.3 is 4.42 Å². The van der Waals surface area contributed by atoms with Gasteiger partial charge in [-0.15, -0.1) is 10.2 Å². The van der Waals surface area contributed by atoms with E-state index in [2.05, 4.69) is 15.1 Å². The van der Waals surface area contributed by atoms with Crippen LogP contribution in [0.25, 0.3) is 0 Å². The zero-order valence-corrected chi connectivity index (χ0v) is 15.0. The molecule has 24 heavy (non-hydrogen) atoms. The van der Waals surface area contributed by atoms with Gasteiger partial charge in [-0.25, -0.2) is 8.42 Å². The molecule has 0 saturated carbocycles. The predicted molar refractivity (Wildman–Crippen MR) is 89.0 cm³/mol. The fourth-order valence-electron chi connectivity index (χ4n) is 2.84. The summed E-state index contributed by atoms with van der Waals surface area (Å²) in [5.41, 5.74) is 1.73. The molecule has 0 radical (unpaired) electrons. The molecule has 0 aliphatic carbocycles. The molecule has 0 unspecified atom stereocenters. The summed E-state index contributed by atoms with van der Waals surface area (Å²) in [5, 5.41) is 7.80. The first kappa shape index (κ1) is 17.1. The van der Waals surface area contributed by atoms with Gasteiger partial charge in [0.05, 0.1) is 11.4 Å². The van der Waals surface area contributed by atoms with Crippen molar-refractivity contribution < 1.29 is 12.8 Å². The first-order valence-corrected chi connectivity index (χ1v) is 9.39. The molecular formula is C16H22N4O3S. The van der Waals surface area contributed by atoms with Gasteiger partial charge in [0, 0.05) is 33.1 Å². The number of nitrogens with zero attached hydrogens (tertiary/aromatic N) is 4. The highest BCUT2D eigenvalue weighted by Gasteiger charge is 2.30. The monoisotopic (exact) mass is 350 g/mol. The first-order valence-electron chi connectivity index (χ1n) is 7.95. The lowest BCUT2D eigenvalue weighted by Gasteiger charge is -2.33. The van der Waals surface area contributed by atoms with Crippen LogP contribution in [0.5, 0.6) is 0 Å². The molecule has 2 aromatic rings. The van der Waals surface area contributed by atoms with E-state index in [0.717, 1.165) is 11.1 Å². The van der Waals surface area contributed by atoms with Gasteiger partial charge in [0.2, 0.25) is 21.8 Å². The van der Waals surface area contributed by atoms with Crippen LogP contribution < -0.4 is 0 Å². The maximum Gasteiger partial charge on any atom is 0.243 e. The molecule has 2 heterocycles. The lowest BCUT2D eigenvalue weighted by atomic mass is 10.2. The van der Waals surface area contributed by atoms with E-state index in [1.54, 1.807) is 17.3 Å². The molecule has 0 bridgehead atoms. The van der Waals surface area contributed by atoms with Crippen LogP contribution in [-0.2, 0) is 16.6 Å². The highest BCUT2D eigenvalue weighted by molar-refractivity contribution is 7.89. The average molecular weight is 350 g/mol. The normalized spacial score (nSPS) is 17.3. The second-order valence-electron chi connectivity index (χ2n) is 6.16. The van der Waals surface area contributed by atoms with Crippen LogP contribution >= 0.6 is 0 Å². The molecule has 8 heteroatoms. The Balaban J connectivity index is 1.68. The number of hydrogen-bond donors (Lipinski definition) is 0. The van der Waals surface area contributed by atoms with E-state index in [-0.39, 0.29) is 0 Å². The maximum absolute atomic E-state index is 12.9. The Hall–Kier alpha value is -1.77. The molecular weight excluding hydrogens is 328 g/mol. The van der Waals surface area contributed by atoms with Crippen molar-refractivity contribution in [2.24, 2.45) is 0 Å². The Kier molecular flexibility index (Phi) is 4.71. The van der Waals surface area contributed by atoms with Gasteiger partial charge in [-0.2, -0.15) is 4.31 Å². The fourth-order valence-corrected chi connectivity index (χ4v) is 4.58. The summed E-state index contributed by atoms with van der Waals surface area (Å²) in [5.74, 6) is 1.11. The molecule has 1 aromatic carbocycles. The minimum absolute atomic E-state index is 0.406. The van der Waals surface area contributed by atoms with Crippen LogP contribution in [0.2, 0.25) is 0 Å². The van der Waals surface area contributed by atoms with Gasteiger partial charge in [-0.05, 0) is 31.0 Å². The second kappa shape index (κ2) is 6.62. The standard InChI is InChI=1S/C16H22N4O3S/c1-12-4-5-13(2)15(10-12)24(21,22)20-8-6-19(7-9-20)11-16-18-17-14(3)23-16/h4-5,10H,6-9,11H2,1-3H3. The van der Waals surface area contributed by atoms with Crippen molar-refractivity contribution in [2.45, 2.75) is 32.2 Å². The number of benzene rings is 1. The third-order valence-electron chi connectivity index (χ3n) is 4.22. The van der Waals surface area contributed by atoms with Gasteiger partial charge >= 0.3 is 0 Å². The molecule has 0 amide bonds. The van der Waals surface area contributed by atoms with E-state index in [4.69, 9.17) is 4.42 Å². The number of aryl methyl sites for hydroxylation is 3. The van der Waals surface area contributed by atoms with Gasteiger partial charge in [0.15, 0.2) is 0 Å². The summed E-state index contributed by atoms with van der Waals surface area (Å²) in [7, 11) is -3.45. The van der Waals surface area contributed by atoms with Crippen LogP contribution in [0.4, 0.5) is 0 Å². The largest absolute Gasteiger partial charge is 0.424 e. The highest BCUT2D eigenvalue weighted by atomic mass is 32.2. The molecule has 1 saturated heterocycles. The summed E-state index contributed by atoms with van der Waals surface area (Å²) in [6, 6.07) is 5.54. The molecule has 1 aliphatic heterocycles. The van der Waals surface area contributed by atoms with Crippen molar-refractivity contribution in [3.8, 4) is 0 Å². The van der Waals surface area contributed by atoms with Crippen LogP contribution in [0.3, 0.4) is 0 Å². The minimum Gasteiger partial charge on any atom is -0.424 e. The molecule has 7 nitrogen and oxygen atoms in total.